The zero-order valence-corrected chi connectivity index (χ0v) is 7.72. The number of halogens is 1. The monoisotopic (exact) mass is 209 g/mol. The molecule has 1 N–H and O–H groups in total. The normalized spacial score (nSPS) is 9.40. The molecule has 0 saturated carbocycles. The number of rotatable bonds is 4. The van der Waals surface area contributed by atoms with Gasteiger partial charge in [0.15, 0.2) is 0 Å². The second kappa shape index (κ2) is 4.97. The summed E-state index contributed by atoms with van der Waals surface area (Å²) in [5.41, 5.74) is 8.84. The van der Waals surface area contributed by atoms with Gasteiger partial charge >= 0.3 is 5.97 Å². The molecule has 1 rings (SSSR count). The molecule has 0 heterocycles. The minimum atomic E-state index is -1.13. The zero-order valence-electron chi connectivity index (χ0n) is 7.72. The molecule has 0 radical (unpaired) electrons. The molecule has 6 heteroatoms. The van der Waals surface area contributed by atoms with Crippen molar-refractivity contribution >= 4 is 5.97 Å². The zero-order chi connectivity index (χ0) is 11.3. The molecule has 78 valence electrons. The van der Waals surface area contributed by atoms with Gasteiger partial charge in [-0.15, -0.1) is 0 Å². The summed E-state index contributed by atoms with van der Waals surface area (Å²) in [7, 11) is 0. The number of nitrogens with zero attached hydrogens (tertiary/aromatic N) is 3. The molecule has 1 aromatic rings. The standard InChI is InChI=1S/C9H8FN3O2/c10-4-6-1-7(5-12-13-11)3-8(2-6)9(14)15/h1-3H,4-5H2,(H,14,15). The summed E-state index contributed by atoms with van der Waals surface area (Å²) in [4.78, 5) is 13.2. The predicted molar refractivity (Wildman–Crippen MR) is 51.1 cm³/mol. The fourth-order valence-corrected chi connectivity index (χ4v) is 1.17. The van der Waals surface area contributed by atoms with Crippen LogP contribution in [0, 0.1) is 0 Å². The first-order chi connectivity index (χ1) is 7.17. The molecule has 0 aromatic heterocycles. The van der Waals surface area contributed by atoms with Crippen molar-refractivity contribution in [3.8, 4) is 0 Å². The van der Waals surface area contributed by atoms with E-state index in [9.17, 15) is 9.18 Å². The number of aromatic carboxylic acids is 1. The Balaban J connectivity index is 3.10. The Morgan fingerprint density at radius 3 is 2.67 bits per heavy atom. The quantitative estimate of drug-likeness (QED) is 0.469. The lowest BCUT2D eigenvalue weighted by atomic mass is 10.1. The topological polar surface area (TPSA) is 86.1 Å². The molecular formula is C9H8FN3O2. The summed E-state index contributed by atoms with van der Waals surface area (Å²) < 4.78 is 12.4. The SMILES string of the molecule is [N-]=[N+]=NCc1cc(CF)cc(C(=O)O)c1. The van der Waals surface area contributed by atoms with Crippen LogP contribution in [-0.4, -0.2) is 11.1 Å². The van der Waals surface area contributed by atoms with Gasteiger partial charge in [-0.2, -0.15) is 0 Å². The molecule has 0 fully saturated rings. The number of carboxylic acid groups (broad SMARTS) is 1. The Labute approximate surface area is 84.8 Å². The van der Waals surface area contributed by atoms with Crippen LogP contribution in [0.3, 0.4) is 0 Å². The highest BCUT2D eigenvalue weighted by atomic mass is 19.1. The molecule has 0 saturated heterocycles. The molecular weight excluding hydrogens is 201 g/mol. The fraction of sp³-hybridized carbons (Fsp3) is 0.222. The largest absolute Gasteiger partial charge is 0.478 e. The number of benzene rings is 1. The lowest BCUT2D eigenvalue weighted by Gasteiger charge is -2.02. The highest BCUT2D eigenvalue weighted by Gasteiger charge is 2.06. The van der Waals surface area contributed by atoms with Crippen LogP contribution in [0.15, 0.2) is 23.3 Å². The predicted octanol–water partition coefficient (Wildman–Crippen LogP) is 2.66. The second-order valence-corrected chi connectivity index (χ2v) is 2.87. The minimum absolute atomic E-state index is 0.00621. The lowest BCUT2D eigenvalue weighted by Crippen LogP contribution is -1.99. The van der Waals surface area contributed by atoms with Gasteiger partial charge in [0, 0.05) is 4.91 Å². The van der Waals surface area contributed by atoms with E-state index in [1.54, 1.807) is 0 Å². The molecule has 0 aliphatic rings. The Kier molecular flexibility index (Phi) is 3.65. The fourth-order valence-electron chi connectivity index (χ4n) is 1.17. The van der Waals surface area contributed by atoms with Crippen molar-refractivity contribution in [3.05, 3.63) is 45.3 Å². The van der Waals surface area contributed by atoms with E-state index >= 15 is 0 Å². The summed E-state index contributed by atoms with van der Waals surface area (Å²) >= 11 is 0. The van der Waals surface area contributed by atoms with E-state index in [0.29, 0.717) is 5.56 Å². The number of hydrogen-bond donors (Lipinski definition) is 1. The van der Waals surface area contributed by atoms with Crippen LogP contribution in [0.5, 0.6) is 0 Å². The molecule has 1 aromatic carbocycles. The maximum atomic E-state index is 12.4. The highest BCUT2D eigenvalue weighted by molar-refractivity contribution is 5.88. The van der Waals surface area contributed by atoms with Gasteiger partial charge in [-0.05, 0) is 28.8 Å². The number of hydrogen-bond acceptors (Lipinski definition) is 2. The number of carbonyl (C=O) groups is 1. The second-order valence-electron chi connectivity index (χ2n) is 2.87. The molecule has 0 unspecified atom stereocenters. The van der Waals surface area contributed by atoms with Crippen LogP contribution >= 0.6 is 0 Å². The third-order valence-electron chi connectivity index (χ3n) is 1.77. The molecule has 0 aliphatic carbocycles. The van der Waals surface area contributed by atoms with E-state index in [1.165, 1.54) is 18.2 Å². The molecule has 0 atom stereocenters. The van der Waals surface area contributed by atoms with Gasteiger partial charge in [-0.1, -0.05) is 11.2 Å². The van der Waals surface area contributed by atoms with Crippen LogP contribution in [0.4, 0.5) is 4.39 Å². The van der Waals surface area contributed by atoms with Crippen LogP contribution < -0.4 is 0 Å². The Hall–Kier alpha value is -2.07. The molecule has 5 nitrogen and oxygen atoms in total. The Morgan fingerprint density at radius 2 is 2.13 bits per heavy atom. The minimum Gasteiger partial charge on any atom is -0.478 e. The third-order valence-corrected chi connectivity index (χ3v) is 1.77. The molecule has 0 aliphatic heterocycles. The summed E-state index contributed by atoms with van der Waals surface area (Å²) in [6.07, 6.45) is 0. The van der Waals surface area contributed by atoms with Crippen molar-refractivity contribution in [2.75, 3.05) is 0 Å². The lowest BCUT2D eigenvalue weighted by molar-refractivity contribution is 0.0696. The van der Waals surface area contributed by atoms with Crippen LogP contribution in [0.25, 0.3) is 10.4 Å². The summed E-state index contributed by atoms with van der Waals surface area (Å²) in [5, 5.41) is 12.0. The van der Waals surface area contributed by atoms with Gasteiger partial charge in [-0.3, -0.25) is 0 Å². The Bertz CT molecular complexity index is 427. The van der Waals surface area contributed by atoms with E-state index in [-0.39, 0.29) is 17.7 Å². The molecule has 0 bridgehead atoms. The Morgan fingerprint density at radius 1 is 1.47 bits per heavy atom. The van der Waals surface area contributed by atoms with Gasteiger partial charge in [0.05, 0.1) is 12.1 Å². The van der Waals surface area contributed by atoms with Crippen LogP contribution in [0.1, 0.15) is 21.5 Å². The highest BCUT2D eigenvalue weighted by Crippen LogP contribution is 2.13. The first-order valence-electron chi connectivity index (χ1n) is 4.10. The van der Waals surface area contributed by atoms with Gasteiger partial charge < -0.3 is 5.11 Å². The first kappa shape index (κ1) is 11.0. The average molecular weight is 209 g/mol. The average Bonchev–Trinajstić information content (AvgIpc) is 2.25. The van der Waals surface area contributed by atoms with E-state index in [2.05, 4.69) is 10.0 Å². The summed E-state index contributed by atoms with van der Waals surface area (Å²) in [6.45, 7) is -0.727. The smallest absolute Gasteiger partial charge is 0.335 e. The van der Waals surface area contributed by atoms with Crippen molar-refractivity contribution in [2.24, 2.45) is 5.11 Å². The van der Waals surface area contributed by atoms with Crippen LogP contribution in [0.2, 0.25) is 0 Å². The molecule has 0 spiro atoms. The molecule has 15 heavy (non-hydrogen) atoms. The van der Waals surface area contributed by atoms with Crippen molar-refractivity contribution in [3.63, 3.8) is 0 Å². The van der Waals surface area contributed by atoms with Gasteiger partial charge in [0.2, 0.25) is 0 Å². The third kappa shape index (κ3) is 2.96. The van der Waals surface area contributed by atoms with E-state index in [4.69, 9.17) is 10.6 Å². The van der Waals surface area contributed by atoms with E-state index in [1.807, 2.05) is 0 Å². The van der Waals surface area contributed by atoms with Crippen LogP contribution in [-0.2, 0) is 13.2 Å². The first-order valence-corrected chi connectivity index (χ1v) is 4.10. The van der Waals surface area contributed by atoms with Crippen molar-refractivity contribution in [2.45, 2.75) is 13.2 Å². The van der Waals surface area contributed by atoms with E-state index < -0.39 is 12.6 Å². The van der Waals surface area contributed by atoms with Crippen molar-refractivity contribution < 1.29 is 14.3 Å². The van der Waals surface area contributed by atoms with Gasteiger partial charge in [-0.25, -0.2) is 9.18 Å². The van der Waals surface area contributed by atoms with Crippen molar-refractivity contribution in [1.82, 2.24) is 0 Å². The summed E-state index contributed by atoms with van der Waals surface area (Å²) in [5.74, 6) is -1.13. The maximum absolute atomic E-state index is 12.4. The van der Waals surface area contributed by atoms with Crippen molar-refractivity contribution in [1.29, 1.82) is 0 Å². The van der Waals surface area contributed by atoms with E-state index in [0.717, 1.165) is 0 Å². The maximum Gasteiger partial charge on any atom is 0.335 e. The number of carboxylic acids is 1. The molecule has 0 amide bonds. The van der Waals surface area contributed by atoms with Gasteiger partial charge in [0.1, 0.15) is 6.67 Å². The number of azide groups is 1. The van der Waals surface area contributed by atoms with Gasteiger partial charge in [0.25, 0.3) is 0 Å². The number of alkyl halides is 1. The summed E-state index contributed by atoms with van der Waals surface area (Å²) in [6, 6.07) is 4.08.